The fourth-order valence-electron chi connectivity index (χ4n) is 2.92. The summed E-state index contributed by atoms with van der Waals surface area (Å²) in [6, 6.07) is 8.30. The van der Waals surface area contributed by atoms with Gasteiger partial charge in [0.1, 0.15) is 5.75 Å². The largest absolute Gasteiger partial charge is 0.497 e. The summed E-state index contributed by atoms with van der Waals surface area (Å²) in [6.45, 7) is 6.59. The Morgan fingerprint density at radius 1 is 1.33 bits per heavy atom. The predicted molar refractivity (Wildman–Crippen MR) is 84.8 cm³/mol. The summed E-state index contributed by atoms with van der Waals surface area (Å²) < 4.78 is 5.19. The number of amides is 1. The maximum Gasteiger partial charge on any atom is 0.253 e. The summed E-state index contributed by atoms with van der Waals surface area (Å²) in [4.78, 5) is 17.0. The van der Waals surface area contributed by atoms with Crippen molar-refractivity contribution in [1.82, 2.24) is 9.80 Å². The van der Waals surface area contributed by atoms with Gasteiger partial charge in [-0.05, 0) is 44.9 Å². The van der Waals surface area contributed by atoms with Crippen LogP contribution in [0.25, 0.3) is 0 Å². The highest BCUT2D eigenvalue weighted by atomic mass is 16.5. The normalized spacial score (nSPS) is 17.0. The molecule has 4 heteroatoms. The van der Waals surface area contributed by atoms with E-state index in [4.69, 9.17) is 4.74 Å². The highest BCUT2D eigenvalue weighted by molar-refractivity contribution is 5.94. The first-order valence-electron chi connectivity index (χ1n) is 7.68. The zero-order chi connectivity index (χ0) is 15.4. The number of hydrogen-bond acceptors (Lipinski definition) is 3. The van der Waals surface area contributed by atoms with E-state index in [0.717, 1.165) is 31.7 Å². The first kappa shape index (κ1) is 15.8. The van der Waals surface area contributed by atoms with Crippen LogP contribution in [0.15, 0.2) is 24.3 Å². The summed E-state index contributed by atoms with van der Waals surface area (Å²) in [7, 11) is 3.53. The van der Waals surface area contributed by atoms with Crippen molar-refractivity contribution in [3.05, 3.63) is 29.8 Å². The van der Waals surface area contributed by atoms with E-state index in [1.807, 2.05) is 36.2 Å². The molecule has 1 aliphatic heterocycles. The molecule has 0 atom stereocenters. The van der Waals surface area contributed by atoms with Crippen molar-refractivity contribution in [3.63, 3.8) is 0 Å². The van der Waals surface area contributed by atoms with E-state index < -0.39 is 0 Å². The molecule has 1 saturated heterocycles. The van der Waals surface area contributed by atoms with Gasteiger partial charge in [0, 0.05) is 37.8 Å². The monoisotopic (exact) mass is 290 g/mol. The van der Waals surface area contributed by atoms with E-state index in [-0.39, 0.29) is 5.91 Å². The van der Waals surface area contributed by atoms with Gasteiger partial charge in [0.05, 0.1) is 7.11 Å². The Labute approximate surface area is 127 Å². The van der Waals surface area contributed by atoms with Crippen LogP contribution in [0.2, 0.25) is 0 Å². The van der Waals surface area contributed by atoms with Gasteiger partial charge in [-0.1, -0.05) is 6.07 Å². The summed E-state index contributed by atoms with van der Waals surface area (Å²) in [5.74, 6) is 0.806. The minimum Gasteiger partial charge on any atom is -0.497 e. The standard InChI is InChI=1S/C17H26N2O2/c1-13(2)19-10-8-15(9-11-19)18(3)17(20)14-6-5-7-16(12-14)21-4/h5-7,12-13,15H,8-11H2,1-4H3. The number of hydrogen-bond donors (Lipinski definition) is 0. The molecular weight excluding hydrogens is 264 g/mol. The summed E-state index contributed by atoms with van der Waals surface area (Å²) in [6.07, 6.45) is 2.09. The number of methoxy groups -OCH3 is 1. The van der Waals surface area contributed by atoms with Gasteiger partial charge in [0.2, 0.25) is 0 Å². The van der Waals surface area contributed by atoms with Gasteiger partial charge in [-0.25, -0.2) is 0 Å². The van der Waals surface area contributed by atoms with Gasteiger partial charge >= 0.3 is 0 Å². The molecule has 0 spiro atoms. The predicted octanol–water partition coefficient (Wildman–Crippen LogP) is 2.64. The van der Waals surface area contributed by atoms with Crippen molar-refractivity contribution in [3.8, 4) is 5.75 Å². The van der Waals surface area contributed by atoms with Crippen LogP contribution in [0.5, 0.6) is 5.75 Å². The van der Waals surface area contributed by atoms with Crippen molar-refractivity contribution in [2.75, 3.05) is 27.2 Å². The lowest BCUT2D eigenvalue weighted by Crippen LogP contribution is -2.47. The molecular formula is C17H26N2O2. The van der Waals surface area contributed by atoms with Crippen LogP contribution in [-0.4, -0.2) is 55.0 Å². The van der Waals surface area contributed by atoms with E-state index in [9.17, 15) is 4.79 Å². The second kappa shape index (κ2) is 6.94. The third kappa shape index (κ3) is 3.76. The van der Waals surface area contributed by atoms with Crippen molar-refractivity contribution in [2.24, 2.45) is 0 Å². The summed E-state index contributed by atoms with van der Waals surface area (Å²) >= 11 is 0. The maximum absolute atomic E-state index is 12.6. The molecule has 0 unspecified atom stereocenters. The number of carbonyl (C=O) groups excluding carboxylic acids is 1. The van der Waals surface area contributed by atoms with E-state index in [0.29, 0.717) is 17.6 Å². The molecule has 0 N–H and O–H groups in total. The average molecular weight is 290 g/mol. The van der Waals surface area contributed by atoms with Crippen LogP contribution >= 0.6 is 0 Å². The van der Waals surface area contributed by atoms with Crippen molar-refractivity contribution in [1.29, 1.82) is 0 Å². The molecule has 1 aliphatic rings. The van der Waals surface area contributed by atoms with Crippen molar-refractivity contribution < 1.29 is 9.53 Å². The van der Waals surface area contributed by atoms with Gasteiger partial charge in [-0.2, -0.15) is 0 Å². The van der Waals surface area contributed by atoms with Crippen LogP contribution in [0.1, 0.15) is 37.0 Å². The van der Waals surface area contributed by atoms with Gasteiger partial charge in [0.25, 0.3) is 5.91 Å². The minimum absolute atomic E-state index is 0.0805. The summed E-state index contributed by atoms with van der Waals surface area (Å²) in [5.41, 5.74) is 0.697. The van der Waals surface area contributed by atoms with Crippen molar-refractivity contribution >= 4 is 5.91 Å². The zero-order valence-electron chi connectivity index (χ0n) is 13.5. The number of nitrogens with zero attached hydrogens (tertiary/aromatic N) is 2. The molecule has 116 valence electrons. The fraction of sp³-hybridized carbons (Fsp3) is 0.588. The highest BCUT2D eigenvalue weighted by Gasteiger charge is 2.26. The lowest BCUT2D eigenvalue weighted by molar-refractivity contribution is 0.0615. The van der Waals surface area contributed by atoms with Crippen LogP contribution in [0, 0.1) is 0 Å². The van der Waals surface area contributed by atoms with Crippen LogP contribution in [0.3, 0.4) is 0 Å². The second-order valence-electron chi connectivity index (χ2n) is 6.01. The molecule has 1 amide bonds. The topological polar surface area (TPSA) is 32.8 Å². The molecule has 1 fully saturated rings. The number of piperidine rings is 1. The number of benzene rings is 1. The molecule has 2 rings (SSSR count). The first-order chi connectivity index (χ1) is 10.0. The third-order valence-corrected chi connectivity index (χ3v) is 4.41. The second-order valence-corrected chi connectivity index (χ2v) is 6.01. The lowest BCUT2D eigenvalue weighted by Gasteiger charge is -2.38. The Balaban J connectivity index is 1.99. The Bertz CT molecular complexity index is 479. The molecule has 0 saturated carbocycles. The SMILES string of the molecule is COc1cccc(C(=O)N(C)C2CCN(C(C)C)CC2)c1. The van der Waals surface area contributed by atoms with Crippen LogP contribution < -0.4 is 4.74 Å². The Morgan fingerprint density at radius 3 is 2.57 bits per heavy atom. The molecule has 0 aliphatic carbocycles. The van der Waals surface area contributed by atoms with Crippen molar-refractivity contribution in [2.45, 2.75) is 38.8 Å². The van der Waals surface area contributed by atoms with Gasteiger partial charge < -0.3 is 14.5 Å². The number of rotatable bonds is 4. The lowest BCUT2D eigenvalue weighted by atomic mass is 10.0. The van der Waals surface area contributed by atoms with Gasteiger partial charge in [0.15, 0.2) is 0 Å². The van der Waals surface area contributed by atoms with Crippen LogP contribution in [0.4, 0.5) is 0 Å². The molecule has 1 aromatic rings. The fourth-order valence-corrected chi connectivity index (χ4v) is 2.92. The zero-order valence-corrected chi connectivity index (χ0v) is 13.5. The van der Waals surface area contributed by atoms with E-state index in [2.05, 4.69) is 18.7 Å². The molecule has 0 radical (unpaired) electrons. The van der Waals surface area contributed by atoms with Gasteiger partial charge in [-0.3, -0.25) is 4.79 Å². The molecule has 21 heavy (non-hydrogen) atoms. The molecule has 1 heterocycles. The number of likely N-dealkylation sites (tertiary alicyclic amines) is 1. The Kier molecular flexibility index (Phi) is 5.23. The summed E-state index contributed by atoms with van der Waals surface area (Å²) in [5, 5.41) is 0. The van der Waals surface area contributed by atoms with E-state index in [1.54, 1.807) is 7.11 Å². The minimum atomic E-state index is 0.0805. The maximum atomic E-state index is 12.6. The Hall–Kier alpha value is -1.55. The quantitative estimate of drug-likeness (QED) is 0.854. The average Bonchev–Trinajstić information content (AvgIpc) is 2.53. The highest BCUT2D eigenvalue weighted by Crippen LogP contribution is 2.20. The molecule has 1 aromatic carbocycles. The van der Waals surface area contributed by atoms with Crippen LogP contribution in [-0.2, 0) is 0 Å². The molecule has 4 nitrogen and oxygen atoms in total. The molecule has 0 bridgehead atoms. The smallest absolute Gasteiger partial charge is 0.253 e. The van der Waals surface area contributed by atoms with Gasteiger partial charge in [-0.15, -0.1) is 0 Å². The number of ether oxygens (including phenoxy) is 1. The Morgan fingerprint density at radius 2 is 2.00 bits per heavy atom. The third-order valence-electron chi connectivity index (χ3n) is 4.41. The number of carbonyl (C=O) groups is 1. The van der Waals surface area contributed by atoms with E-state index in [1.165, 1.54) is 0 Å². The molecule has 0 aromatic heterocycles. The first-order valence-corrected chi connectivity index (χ1v) is 7.68. The van der Waals surface area contributed by atoms with E-state index >= 15 is 0 Å².